The summed E-state index contributed by atoms with van der Waals surface area (Å²) in [7, 11) is 0. The van der Waals surface area contributed by atoms with Crippen LogP contribution in [0.3, 0.4) is 0 Å². The summed E-state index contributed by atoms with van der Waals surface area (Å²) in [5.41, 5.74) is 3.16. The van der Waals surface area contributed by atoms with E-state index in [0.29, 0.717) is 18.7 Å². The molecule has 0 bridgehead atoms. The van der Waals surface area contributed by atoms with Gasteiger partial charge in [-0.2, -0.15) is 14.6 Å². The molecule has 0 aliphatic carbocycles. The minimum absolute atomic E-state index is 0.361. The smallest absolute Gasteiger partial charge is 0.308 e. The van der Waals surface area contributed by atoms with E-state index in [-0.39, 0.29) is 5.92 Å². The molecule has 1 atom stereocenters. The van der Waals surface area contributed by atoms with Crippen molar-refractivity contribution >= 4 is 17.6 Å². The number of carbonyl (C=O) groups is 1. The number of nitrogens with zero attached hydrogens (tertiary/aromatic N) is 5. The highest BCUT2D eigenvalue weighted by Gasteiger charge is 2.29. The lowest BCUT2D eigenvalue weighted by Crippen LogP contribution is -2.40. The predicted molar refractivity (Wildman–Crippen MR) is 97.3 cm³/mol. The minimum atomic E-state index is -0.736. The molecule has 1 saturated heterocycles. The number of piperidine rings is 1. The van der Waals surface area contributed by atoms with Gasteiger partial charge in [0.25, 0.3) is 5.78 Å². The summed E-state index contributed by atoms with van der Waals surface area (Å²) in [6.07, 6.45) is 3.78. The fraction of sp³-hybridized carbons (Fsp3) is 0.368. The fourth-order valence-electron chi connectivity index (χ4n) is 3.67. The minimum Gasteiger partial charge on any atom is -0.481 e. The largest absolute Gasteiger partial charge is 0.481 e. The maximum absolute atomic E-state index is 11.5. The lowest BCUT2D eigenvalue weighted by atomic mass is 9.97. The molecule has 0 unspecified atom stereocenters. The molecule has 1 N–H and O–H groups in total. The van der Waals surface area contributed by atoms with Gasteiger partial charge in [-0.05, 0) is 25.3 Å². The summed E-state index contributed by atoms with van der Waals surface area (Å²) in [4.78, 5) is 22.5. The zero-order valence-electron chi connectivity index (χ0n) is 14.7. The predicted octanol–water partition coefficient (Wildman–Crippen LogP) is 2.32. The molecule has 0 amide bonds. The Labute approximate surface area is 151 Å². The molecular weight excluding hydrogens is 330 g/mol. The van der Waals surface area contributed by atoms with Crippen molar-refractivity contribution < 1.29 is 9.90 Å². The van der Waals surface area contributed by atoms with Crippen LogP contribution in [0.25, 0.3) is 5.78 Å². The van der Waals surface area contributed by atoms with Gasteiger partial charge in [0.05, 0.1) is 5.92 Å². The van der Waals surface area contributed by atoms with Crippen molar-refractivity contribution in [1.82, 2.24) is 19.6 Å². The van der Waals surface area contributed by atoms with Crippen LogP contribution in [0.15, 0.2) is 36.7 Å². The third-order valence-electron chi connectivity index (χ3n) is 5.00. The van der Waals surface area contributed by atoms with Gasteiger partial charge in [0, 0.05) is 30.8 Å². The number of anilines is 1. The first-order valence-corrected chi connectivity index (χ1v) is 8.84. The van der Waals surface area contributed by atoms with Crippen LogP contribution in [0.4, 0.5) is 5.82 Å². The zero-order valence-corrected chi connectivity index (χ0v) is 14.7. The van der Waals surface area contributed by atoms with E-state index in [4.69, 9.17) is 0 Å². The van der Waals surface area contributed by atoms with Gasteiger partial charge in [-0.1, -0.05) is 30.3 Å². The number of carboxylic acids is 1. The Kier molecular flexibility index (Phi) is 4.28. The molecule has 134 valence electrons. The van der Waals surface area contributed by atoms with Crippen LogP contribution in [0, 0.1) is 12.8 Å². The number of hydrogen-bond acceptors (Lipinski definition) is 5. The van der Waals surface area contributed by atoms with E-state index in [1.807, 2.05) is 25.1 Å². The van der Waals surface area contributed by atoms with E-state index in [2.05, 4.69) is 32.1 Å². The second-order valence-corrected chi connectivity index (χ2v) is 6.76. The van der Waals surface area contributed by atoms with Gasteiger partial charge < -0.3 is 10.0 Å². The summed E-state index contributed by atoms with van der Waals surface area (Å²) in [5, 5.41) is 13.8. The van der Waals surface area contributed by atoms with Crippen LogP contribution in [0.1, 0.15) is 29.7 Å². The van der Waals surface area contributed by atoms with Gasteiger partial charge in [-0.15, -0.1) is 0 Å². The fourth-order valence-corrected chi connectivity index (χ4v) is 3.67. The molecule has 3 heterocycles. The normalized spacial score (nSPS) is 17.6. The van der Waals surface area contributed by atoms with Crippen molar-refractivity contribution in [3.63, 3.8) is 0 Å². The van der Waals surface area contributed by atoms with Crippen LogP contribution in [-0.2, 0) is 11.2 Å². The summed E-state index contributed by atoms with van der Waals surface area (Å²) in [5.74, 6) is 0.367. The first-order chi connectivity index (χ1) is 12.6. The van der Waals surface area contributed by atoms with Gasteiger partial charge in [0.2, 0.25) is 0 Å². The molecule has 3 aromatic rings. The molecule has 0 radical (unpaired) electrons. The Bertz CT molecular complexity index is 938. The Balaban J connectivity index is 1.81. The van der Waals surface area contributed by atoms with Crippen molar-refractivity contribution in [3.05, 3.63) is 53.5 Å². The highest BCUT2D eigenvalue weighted by atomic mass is 16.4. The SMILES string of the molecule is Cc1nc2ncnn2c(N2CCC[C@@H](C(=O)O)C2)c1Cc1ccccc1. The summed E-state index contributed by atoms with van der Waals surface area (Å²) >= 11 is 0. The van der Waals surface area contributed by atoms with Crippen LogP contribution in [-0.4, -0.2) is 43.7 Å². The summed E-state index contributed by atoms with van der Waals surface area (Å²) in [6, 6.07) is 10.2. The van der Waals surface area contributed by atoms with Gasteiger partial charge in [-0.25, -0.2) is 4.98 Å². The van der Waals surface area contributed by atoms with E-state index in [1.165, 1.54) is 11.9 Å². The number of aryl methyl sites for hydroxylation is 1. The molecule has 1 aromatic carbocycles. The number of fused-ring (bicyclic) bond motifs is 1. The molecule has 7 nitrogen and oxygen atoms in total. The number of carboxylic acid groups (broad SMARTS) is 1. The van der Waals surface area contributed by atoms with Crippen LogP contribution >= 0.6 is 0 Å². The van der Waals surface area contributed by atoms with E-state index >= 15 is 0 Å². The van der Waals surface area contributed by atoms with E-state index in [1.54, 1.807) is 4.52 Å². The van der Waals surface area contributed by atoms with E-state index in [0.717, 1.165) is 36.5 Å². The molecular formula is C19H21N5O2. The molecule has 1 fully saturated rings. The Morgan fingerprint density at radius 1 is 1.31 bits per heavy atom. The Morgan fingerprint density at radius 2 is 2.12 bits per heavy atom. The van der Waals surface area contributed by atoms with Gasteiger partial charge in [-0.3, -0.25) is 4.79 Å². The number of aliphatic carboxylic acids is 1. The molecule has 1 aliphatic heterocycles. The first kappa shape index (κ1) is 16.5. The average Bonchev–Trinajstić information content (AvgIpc) is 3.11. The van der Waals surface area contributed by atoms with Crippen molar-refractivity contribution in [2.45, 2.75) is 26.2 Å². The summed E-state index contributed by atoms with van der Waals surface area (Å²) < 4.78 is 1.75. The van der Waals surface area contributed by atoms with E-state index in [9.17, 15) is 9.90 Å². The van der Waals surface area contributed by atoms with Crippen molar-refractivity contribution in [2.24, 2.45) is 5.92 Å². The molecule has 0 saturated carbocycles. The number of rotatable bonds is 4. The van der Waals surface area contributed by atoms with Gasteiger partial charge >= 0.3 is 5.97 Å². The van der Waals surface area contributed by atoms with Crippen LogP contribution in [0.2, 0.25) is 0 Å². The molecule has 2 aromatic heterocycles. The van der Waals surface area contributed by atoms with Crippen LogP contribution < -0.4 is 4.90 Å². The first-order valence-electron chi connectivity index (χ1n) is 8.84. The Hall–Kier alpha value is -2.96. The Morgan fingerprint density at radius 3 is 2.88 bits per heavy atom. The third-order valence-corrected chi connectivity index (χ3v) is 5.00. The number of benzene rings is 1. The second kappa shape index (κ2) is 6.74. The highest BCUT2D eigenvalue weighted by molar-refractivity contribution is 5.71. The monoisotopic (exact) mass is 351 g/mol. The lowest BCUT2D eigenvalue weighted by molar-refractivity contribution is -0.141. The lowest BCUT2D eigenvalue weighted by Gasteiger charge is -2.34. The molecule has 0 spiro atoms. The summed E-state index contributed by atoms with van der Waals surface area (Å²) in [6.45, 7) is 3.27. The van der Waals surface area contributed by atoms with Gasteiger partial charge in [0.1, 0.15) is 12.1 Å². The quantitative estimate of drug-likeness (QED) is 0.777. The standard InChI is InChI=1S/C19H21N5O2/c1-13-16(10-14-6-3-2-4-7-14)17(24-19(22-13)20-12-21-24)23-9-5-8-15(11-23)18(25)26/h2-4,6-7,12,15H,5,8-11H2,1H3,(H,25,26)/t15-/m1/s1. The maximum atomic E-state index is 11.5. The van der Waals surface area contributed by atoms with E-state index < -0.39 is 5.97 Å². The number of hydrogen-bond donors (Lipinski definition) is 1. The second-order valence-electron chi connectivity index (χ2n) is 6.76. The van der Waals surface area contributed by atoms with Crippen LogP contribution in [0.5, 0.6) is 0 Å². The molecule has 1 aliphatic rings. The van der Waals surface area contributed by atoms with Crippen molar-refractivity contribution in [1.29, 1.82) is 0 Å². The van der Waals surface area contributed by atoms with Crippen molar-refractivity contribution in [2.75, 3.05) is 18.0 Å². The molecule has 7 heteroatoms. The topological polar surface area (TPSA) is 83.6 Å². The molecule has 26 heavy (non-hydrogen) atoms. The third kappa shape index (κ3) is 3.00. The van der Waals surface area contributed by atoms with Gasteiger partial charge in [0.15, 0.2) is 0 Å². The molecule has 4 rings (SSSR count). The average molecular weight is 351 g/mol. The zero-order chi connectivity index (χ0) is 18.1. The number of aromatic nitrogens is 4. The maximum Gasteiger partial charge on any atom is 0.308 e. The highest BCUT2D eigenvalue weighted by Crippen LogP contribution is 2.30. The van der Waals surface area contributed by atoms with Crippen molar-refractivity contribution in [3.8, 4) is 0 Å².